The van der Waals surface area contributed by atoms with Gasteiger partial charge in [0, 0.05) is 35.6 Å². The summed E-state index contributed by atoms with van der Waals surface area (Å²) in [5.74, 6) is 0.440. The van der Waals surface area contributed by atoms with Crippen LogP contribution >= 0.6 is 0 Å². The summed E-state index contributed by atoms with van der Waals surface area (Å²) in [6, 6.07) is 8.29. The van der Waals surface area contributed by atoms with Gasteiger partial charge in [-0.15, -0.1) is 0 Å². The third kappa shape index (κ3) is 5.91. The van der Waals surface area contributed by atoms with E-state index in [4.69, 9.17) is 0 Å². The lowest BCUT2D eigenvalue weighted by atomic mass is 9.95. The lowest BCUT2D eigenvalue weighted by molar-refractivity contribution is 0.0963. The number of carbonyl (C=O) groups excluding carboxylic acids is 1. The molecule has 2 aliphatic rings. The van der Waals surface area contributed by atoms with Crippen LogP contribution < -0.4 is 5.32 Å². The van der Waals surface area contributed by atoms with Crippen LogP contribution in [0.2, 0.25) is 0 Å². The first kappa shape index (κ1) is 25.2. The van der Waals surface area contributed by atoms with Crippen molar-refractivity contribution >= 4 is 16.8 Å². The molecular weight excluding hydrogens is 458 g/mol. The second kappa shape index (κ2) is 11.3. The van der Waals surface area contributed by atoms with Gasteiger partial charge < -0.3 is 5.32 Å². The molecule has 3 heterocycles. The van der Waals surface area contributed by atoms with Gasteiger partial charge in [0.25, 0.3) is 5.91 Å². The Bertz CT molecular complexity index is 1370. The monoisotopic (exact) mass is 495 g/mol. The molecule has 2 aromatic heterocycles. The lowest BCUT2D eigenvalue weighted by Gasteiger charge is -2.14. The first-order valence-electron chi connectivity index (χ1n) is 13.5. The van der Waals surface area contributed by atoms with E-state index >= 15 is 0 Å². The average molecular weight is 496 g/mol. The largest absolute Gasteiger partial charge is 0.321 e. The summed E-state index contributed by atoms with van der Waals surface area (Å²) in [6.07, 6.45) is 15.7. The van der Waals surface area contributed by atoms with Gasteiger partial charge in [-0.05, 0) is 92.6 Å². The summed E-state index contributed by atoms with van der Waals surface area (Å²) in [5.41, 5.74) is 8.08. The Balaban J connectivity index is 1.33. The predicted octanol–water partition coefficient (Wildman–Crippen LogP) is 6.55. The third-order valence-corrected chi connectivity index (χ3v) is 7.67. The molecule has 37 heavy (non-hydrogen) atoms. The number of allylic oxidation sites excluding steroid dienone is 5. The van der Waals surface area contributed by atoms with Crippen molar-refractivity contribution in [2.75, 3.05) is 13.1 Å². The normalized spacial score (nSPS) is 17.2. The predicted molar refractivity (Wildman–Crippen MR) is 150 cm³/mol. The van der Waals surface area contributed by atoms with Crippen molar-refractivity contribution in [3.05, 3.63) is 83.0 Å². The Morgan fingerprint density at radius 2 is 1.97 bits per heavy atom. The van der Waals surface area contributed by atoms with Crippen molar-refractivity contribution in [2.24, 2.45) is 5.92 Å². The lowest BCUT2D eigenvalue weighted by Crippen LogP contribution is -2.22. The summed E-state index contributed by atoms with van der Waals surface area (Å²) in [4.78, 5) is 20.3. The molecule has 2 N–H and O–H groups in total. The molecule has 0 saturated carbocycles. The van der Waals surface area contributed by atoms with Crippen molar-refractivity contribution in [3.8, 4) is 11.1 Å². The van der Waals surface area contributed by atoms with Crippen LogP contribution in [0, 0.1) is 5.92 Å². The molecule has 192 valence electrons. The van der Waals surface area contributed by atoms with Crippen LogP contribution in [-0.4, -0.2) is 39.1 Å². The minimum atomic E-state index is -0.205. The molecule has 1 aliphatic carbocycles. The van der Waals surface area contributed by atoms with E-state index in [2.05, 4.69) is 70.5 Å². The number of aromatic amines is 1. The summed E-state index contributed by atoms with van der Waals surface area (Å²) in [5, 5.41) is 11.3. The molecular formula is C31H37N5O. The molecule has 6 heteroatoms. The number of nitrogens with one attached hydrogen (secondary N) is 2. The van der Waals surface area contributed by atoms with Crippen molar-refractivity contribution in [2.45, 2.75) is 59.4 Å². The molecule has 0 unspecified atom stereocenters. The molecule has 1 fully saturated rings. The standard InChI is InChI=1S/C31H37N5O/c1-4-21(2)15-24-8-11-27(10-7-22(24)3)33-31(37)30-28-17-25(9-12-29(28)34-35-30)26-16-23(18-32-19-26)20-36-13-5-6-14-36/h8-12,16-19,21H,4-7,13-15,20H2,1-3H3,(H,33,37)(H,34,35)/t21-/m0/s1. The molecule has 1 atom stereocenters. The summed E-state index contributed by atoms with van der Waals surface area (Å²) in [6.45, 7) is 9.94. The number of nitrogens with zero attached hydrogens (tertiary/aromatic N) is 3. The molecule has 3 aromatic rings. The fourth-order valence-electron chi connectivity index (χ4n) is 5.14. The topological polar surface area (TPSA) is 73.9 Å². The smallest absolute Gasteiger partial charge is 0.276 e. The molecule has 6 nitrogen and oxygen atoms in total. The van der Waals surface area contributed by atoms with Gasteiger partial charge in [0.1, 0.15) is 0 Å². The maximum atomic E-state index is 13.3. The maximum absolute atomic E-state index is 13.3. The number of amides is 1. The number of rotatable bonds is 8. The maximum Gasteiger partial charge on any atom is 0.276 e. The van der Waals surface area contributed by atoms with Crippen LogP contribution in [0.1, 0.15) is 68.9 Å². The second-order valence-electron chi connectivity index (χ2n) is 10.6. The molecule has 1 saturated heterocycles. The zero-order chi connectivity index (χ0) is 25.8. The van der Waals surface area contributed by atoms with Crippen LogP contribution in [0.15, 0.2) is 71.7 Å². The van der Waals surface area contributed by atoms with E-state index in [1.807, 2.05) is 30.6 Å². The number of carbonyl (C=O) groups is 1. The van der Waals surface area contributed by atoms with Gasteiger partial charge in [0.05, 0.1) is 5.52 Å². The van der Waals surface area contributed by atoms with Crippen molar-refractivity contribution in [1.82, 2.24) is 25.4 Å². The van der Waals surface area contributed by atoms with Gasteiger partial charge in [0.15, 0.2) is 5.69 Å². The van der Waals surface area contributed by atoms with Gasteiger partial charge in [0.2, 0.25) is 0 Å². The van der Waals surface area contributed by atoms with Gasteiger partial charge in [-0.1, -0.05) is 44.1 Å². The second-order valence-corrected chi connectivity index (χ2v) is 10.6. The van der Waals surface area contributed by atoms with E-state index in [9.17, 15) is 4.79 Å². The summed E-state index contributed by atoms with van der Waals surface area (Å²) < 4.78 is 0. The van der Waals surface area contributed by atoms with Gasteiger partial charge in [-0.2, -0.15) is 5.10 Å². The van der Waals surface area contributed by atoms with E-state index in [1.54, 1.807) is 0 Å². The quantitative estimate of drug-likeness (QED) is 0.372. The number of H-pyrrole nitrogens is 1. The van der Waals surface area contributed by atoms with E-state index in [1.165, 1.54) is 29.6 Å². The molecule has 0 spiro atoms. The van der Waals surface area contributed by atoms with E-state index < -0.39 is 0 Å². The highest BCUT2D eigenvalue weighted by Crippen LogP contribution is 2.27. The molecule has 1 aromatic carbocycles. The Hall–Kier alpha value is -3.51. The Labute approximate surface area is 219 Å². The van der Waals surface area contributed by atoms with Crippen LogP contribution in [0.3, 0.4) is 0 Å². The number of likely N-dealkylation sites (tertiary alicyclic amines) is 1. The summed E-state index contributed by atoms with van der Waals surface area (Å²) >= 11 is 0. The number of pyridine rings is 1. The Kier molecular flexibility index (Phi) is 7.65. The highest BCUT2D eigenvalue weighted by Gasteiger charge is 2.17. The fraction of sp³-hybridized carbons (Fsp3) is 0.387. The fourth-order valence-corrected chi connectivity index (χ4v) is 5.14. The van der Waals surface area contributed by atoms with E-state index in [0.717, 1.165) is 66.6 Å². The Morgan fingerprint density at radius 3 is 2.78 bits per heavy atom. The Morgan fingerprint density at radius 1 is 1.14 bits per heavy atom. The van der Waals surface area contributed by atoms with Crippen molar-refractivity contribution in [3.63, 3.8) is 0 Å². The van der Waals surface area contributed by atoms with E-state index in [-0.39, 0.29) is 5.91 Å². The molecule has 5 rings (SSSR count). The van der Waals surface area contributed by atoms with Crippen LogP contribution in [-0.2, 0) is 6.54 Å². The van der Waals surface area contributed by atoms with E-state index in [0.29, 0.717) is 11.6 Å². The number of fused-ring (bicyclic) bond motifs is 1. The molecule has 1 aliphatic heterocycles. The first-order chi connectivity index (χ1) is 18.0. The van der Waals surface area contributed by atoms with Crippen molar-refractivity contribution in [1.29, 1.82) is 0 Å². The number of hydrogen-bond donors (Lipinski definition) is 2. The number of aromatic nitrogens is 3. The van der Waals surface area contributed by atoms with Crippen molar-refractivity contribution < 1.29 is 4.79 Å². The van der Waals surface area contributed by atoms with Gasteiger partial charge >= 0.3 is 0 Å². The number of hydrogen-bond acceptors (Lipinski definition) is 4. The first-order valence-corrected chi connectivity index (χ1v) is 13.5. The third-order valence-electron chi connectivity index (χ3n) is 7.67. The zero-order valence-electron chi connectivity index (χ0n) is 22.2. The summed E-state index contributed by atoms with van der Waals surface area (Å²) in [7, 11) is 0. The molecule has 1 amide bonds. The van der Waals surface area contributed by atoms with Gasteiger partial charge in [-0.3, -0.25) is 19.8 Å². The van der Waals surface area contributed by atoms with Crippen LogP contribution in [0.25, 0.3) is 22.0 Å². The minimum Gasteiger partial charge on any atom is -0.321 e. The number of benzene rings is 1. The van der Waals surface area contributed by atoms with Gasteiger partial charge in [-0.25, -0.2) is 0 Å². The SMILES string of the molecule is CC[C@H](C)CC1=C(C)CC=C(NC(=O)c2n[nH]c3ccc(-c4cncc(CN5CCCC5)c4)cc23)C=C1. The highest BCUT2D eigenvalue weighted by molar-refractivity contribution is 6.06. The molecule has 0 radical (unpaired) electrons. The average Bonchev–Trinajstić information content (AvgIpc) is 3.55. The van der Waals surface area contributed by atoms with Crippen LogP contribution in [0.5, 0.6) is 0 Å². The van der Waals surface area contributed by atoms with Crippen LogP contribution in [0.4, 0.5) is 0 Å². The minimum absolute atomic E-state index is 0.205. The zero-order valence-corrected chi connectivity index (χ0v) is 22.2. The highest BCUT2D eigenvalue weighted by atomic mass is 16.1. The molecule has 0 bridgehead atoms.